The summed E-state index contributed by atoms with van der Waals surface area (Å²) in [7, 11) is 0. The fourth-order valence-electron chi connectivity index (χ4n) is 2.49. The maximum absolute atomic E-state index is 13.6. The molecule has 1 aromatic heterocycles. The molecule has 4 nitrogen and oxygen atoms in total. The summed E-state index contributed by atoms with van der Waals surface area (Å²) in [6.07, 6.45) is 3.20. The summed E-state index contributed by atoms with van der Waals surface area (Å²) in [5.41, 5.74) is 1.58. The van der Waals surface area contributed by atoms with Crippen molar-refractivity contribution < 1.29 is 18.0 Å². The molecule has 1 amide bonds. The summed E-state index contributed by atoms with van der Waals surface area (Å²) in [6, 6.07) is 11.3. The number of nitrogens with zero attached hydrogens (tertiary/aromatic N) is 1. The number of hydrogen-bond donors (Lipinski definition) is 2. The zero-order valence-electron chi connectivity index (χ0n) is 14.2. The summed E-state index contributed by atoms with van der Waals surface area (Å²) in [4.78, 5) is 16.2. The van der Waals surface area contributed by atoms with E-state index in [-0.39, 0.29) is 23.8 Å². The Morgan fingerprint density at radius 1 is 0.889 bits per heavy atom. The first-order chi connectivity index (χ1) is 13.0. The highest BCUT2D eigenvalue weighted by atomic mass is 19.2. The highest BCUT2D eigenvalue weighted by Gasteiger charge is 2.09. The maximum atomic E-state index is 13.6. The van der Waals surface area contributed by atoms with Gasteiger partial charge >= 0.3 is 0 Å². The third-order valence-corrected chi connectivity index (χ3v) is 3.85. The zero-order chi connectivity index (χ0) is 19.2. The molecule has 3 aromatic rings. The largest absolute Gasteiger partial charge is 0.354 e. The number of aromatic nitrogens is 1. The number of rotatable bonds is 6. The SMILES string of the molecule is O=C(NCCc1ccccc1F)c1cncc(Nc2ccc(F)c(F)c2)c1. The van der Waals surface area contributed by atoms with Crippen LogP contribution in [-0.2, 0) is 6.42 Å². The number of anilines is 2. The molecule has 2 aromatic carbocycles. The molecule has 0 spiro atoms. The van der Waals surface area contributed by atoms with Gasteiger partial charge in [0, 0.05) is 24.5 Å². The Morgan fingerprint density at radius 3 is 2.48 bits per heavy atom. The molecular formula is C20H16F3N3O. The molecule has 0 aliphatic carbocycles. The van der Waals surface area contributed by atoms with Crippen molar-refractivity contribution in [3.63, 3.8) is 0 Å². The number of hydrogen-bond acceptors (Lipinski definition) is 3. The van der Waals surface area contributed by atoms with Crippen molar-refractivity contribution in [2.75, 3.05) is 11.9 Å². The first-order valence-corrected chi connectivity index (χ1v) is 8.21. The van der Waals surface area contributed by atoms with Crippen LogP contribution in [0.2, 0.25) is 0 Å². The number of benzene rings is 2. The molecule has 0 unspecified atom stereocenters. The third-order valence-electron chi connectivity index (χ3n) is 3.85. The molecule has 3 rings (SSSR count). The van der Waals surface area contributed by atoms with E-state index in [2.05, 4.69) is 15.6 Å². The molecule has 0 saturated heterocycles. The Kier molecular flexibility index (Phi) is 5.71. The van der Waals surface area contributed by atoms with Gasteiger partial charge in [-0.3, -0.25) is 9.78 Å². The van der Waals surface area contributed by atoms with Crippen molar-refractivity contribution in [2.24, 2.45) is 0 Å². The zero-order valence-corrected chi connectivity index (χ0v) is 14.2. The van der Waals surface area contributed by atoms with E-state index in [0.717, 1.165) is 12.1 Å². The summed E-state index contributed by atoms with van der Waals surface area (Å²) >= 11 is 0. The van der Waals surface area contributed by atoms with E-state index in [1.165, 1.54) is 30.6 Å². The number of nitrogens with one attached hydrogen (secondary N) is 2. The number of amides is 1. The van der Waals surface area contributed by atoms with Gasteiger partial charge in [-0.05, 0) is 36.2 Å². The lowest BCUT2D eigenvalue weighted by Gasteiger charge is -2.09. The first-order valence-electron chi connectivity index (χ1n) is 8.21. The second-order valence-electron chi connectivity index (χ2n) is 5.81. The minimum atomic E-state index is -0.977. The number of halogens is 3. The van der Waals surface area contributed by atoms with Crippen LogP contribution in [0.3, 0.4) is 0 Å². The Hall–Kier alpha value is -3.35. The molecule has 27 heavy (non-hydrogen) atoms. The first kappa shape index (κ1) is 18.4. The van der Waals surface area contributed by atoms with E-state index in [1.807, 2.05) is 0 Å². The van der Waals surface area contributed by atoms with Crippen LogP contribution in [0.4, 0.5) is 24.5 Å². The van der Waals surface area contributed by atoms with Crippen LogP contribution in [0.15, 0.2) is 60.9 Å². The molecule has 0 aliphatic heterocycles. The summed E-state index contributed by atoms with van der Waals surface area (Å²) in [5, 5.41) is 5.56. The second kappa shape index (κ2) is 8.35. The van der Waals surface area contributed by atoms with E-state index in [4.69, 9.17) is 0 Å². The van der Waals surface area contributed by atoms with Crippen LogP contribution in [0, 0.1) is 17.5 Å². The predicted molar refractivity (Wildman–Crippen MR) is 96.3 cm³/mol. The van der Waals surface area contributed by atoms with E-state index in [1.54, 1.807) is 18.2 Å². The van der Waals surface area contributed by atoms with Crippen LogP contribution >= 0.6 is 0 Å². The standard InChI is InChI=1S/C20H16F3N3O/c21-17-4-2-1-3-13(17)7-8-25-20(27)14-9-16(12-24-11-14)26-15-5-6-18(22)19(23)10-15/h1-6,9-12,26H,7-8H2,(H,25,27). The van der Waals surface area contributed by atoms with Gasteiger partial charge in [-0.15, -0.1) is 0 Å². The Balaban J connectivity index is 1.61. The molecular weight excluding hydrogens is 355 g/mol. The number of pyridine rings is 1. The fourth-order valence-corrected chi connectivity index (χ4v) is 2.49. The van der Waals surface area contributed by atoms with Gasteiger partial charge in [0.25, 0.3) is 5.91 Å². The number of carbonyl (C=O) groups excluding carboxylic acids is 1. The molecule has 0 bridgehead atoms. The Bertz CT molecular complexity index is 963. The lowest BCUT2D eigenvalue weighted by Crippen LogP contribution is -2.26. The van der Waals surface area contributed by atoms with Gasteiger partial charge in [0.05, 0.1) is 17.4 Å². The quantitative estimate of drug-likeness (QED) is 0.682. The molecule has 0 fully saturated rings. The van der Waals surface area contributed by atoms with Crippen molar-refractivity contribution in [2.45, 2.75) is 6.42 Å². The molecule has 0 aliphatic rings. The Morgan fingerprint density at radius 2 is 1.70 bits per heavy atom. The topological polar surface area (TPSA) is 54.0 Å². The number of carbonyl (C=O) groups is 1. The average molecular weight is 371 g/mol. The molecule has 0 atom stereocenters. The molecule has 2 N–H and O–H groups in total. The fraction of sp³-hybridized carbons (Fsp3) is 0.100. The van der Waals surface area contributed by atoms with Gasteiger partial charge in [-0.1, -0.05) is 18.2 Å². The smallest absolute Gasteiger partial charge is 0.252 e. The van der Waals surface area contributed by atoms with Crippen LogP contribution in [0.5, 0.6) is 0 Å². The minimum Gasteiger partial charge on any atom is -0.354 e. The molecule has 0 saturated carbocycles. The third kappa shape index (κ3) is 4.84. The molecule has 1 heterocycles. The van der Waals surface area contributed by atoms with E-state index < -0.39 is 11.6 Å². The molecule has 0 radical (unpaired) electrons. The average Bonchev–Trinajstić information content (AvgIpc) is 2.66. The molecule has 138 valence electrons. The highest BCUT2D eigenvalue weighted by Crippen LogP contribution is 2.19. The lowest BCUT2D eigenvalue weighted by molar-refractivity contribution is 0.0953. The second-order valence-corrected chi connectivity index (χ2v) is 5.81. The monoisotopic (exact) mass is 371 g/mol. The predicted octanol–water partition coefficient (Wildman–Crippen LogP) is 4.22. The lowest BCUT2D eigenvalue weighted by atomic mass is 10.1. The van der Waals surface area contributed by atoms with Crippen LogP contribution in [0.25, 0.3) is 0 Å². The van der Waals surface area contributed by atoms with Gasteiger partial charge < -0.3 is 10.6 Å². The van der Waals surface area contributed by atoms with E-state index in [9.17, 15) is 18.0 Å². The Labute approximate surface area is 154 Å². The van der Waals surface area contributed by atoms with Gasteiger partial charge in [-0.25, -0.2) is 13.2 Å². The van der Waals surface area contributed by atoms with E-state index in [0.29, 0.717) is 23.4 Å². The van der Waals surface area contributed by atoms with Gasteiger partial charge in [0.15, 0.2) is 11.6 Å². The normalized spacial score (nSPS) is 10.5. The van der Waals surface area contributed by atoms with Gasteiger partial charge in [0.2, 0.25) is 0 Å². The van der Waals surface area contributed by atoms with Gasteiger partial charge in [0.1, 0.15) is 5.82 Å². The minimum absolute atomic E-state index is 0.264. The van der Waals surface area contributed by atoms with Crippen molar-refractivity contribution >= 4 is 17.3 Å². The summed E-state index contributed by atoms with van der Waals surface area (Å²) in [5.74, 6) is -2.60. The highest BCUT2D eigenvalue weighted by molar-refractivity contribution is 5.94. The van der Waals surface area contributed by atoms with Crippen LogP contribution in [-0.4, -0.2) is 17.4 Å². The van der Waals surface area contributed by atoms with Crippen LogP contribution in [0.1, 0.15) is 15.9 Å². The van der Waals surface area contributed by atoms with Crippen molar-refractivity contribution in [1.29, 1.82) is 0 Å². The summed E-state index contributed by atoms with van der Waals surface area (Å²) < 4.78 is 39.8. The van der Waals surface area contributed by atoms with Crippen molar-refractivity contribution in [1.82, 2.24) is 10.3 Å². The summed E-state index contributed by atoms with van der Waals surface area (Å²) in [6.45, 7) is 0.264. The van der Waals surface area contributed by atoms with Crippen molar-refractivity contribution in [3.8, 4) is 0 Å². The van der Waals surface area contributed by atoms with E-state index >= 15 is 0 Å². The van der Waals surface area contributed by atoms with Gasteiger partial charge in [-0.2, -0.15) is 0 Å². The maximum Gasteiger partial charge on any atom is 0.252 e. The van der Waals surface area contributed by atoms with Crippen LogP contribution < -0.4 is 10.6 Å². The molecule has 7 heteroatoms. The van der Waals surface area contributed by atoms with Crippen molar-refractivity contribution in [3.05, 3.63) is 89.5 Å².